The zero-order chi connectivity index (χ0) is 33.3. The van der Waals surface area contributed by atoms with Gasteiger partial charge < -0.3 is 57.6 Å². The van der Waals surface area contributed by atoms with Gasteiger partial charge in [-0.3, -0.25) is 38.4 Å². The van der Waals surface area contributed by atoms with Gasteiger partial charge in [0.1, 0.15) is 30.2 Å². The summed E-state index contributed by atoms with van der Waals surface area (Å²) >= 11 is 0. The van der Waals surface area contributed by atoms with E-state index in [1.54, 1.807) is 0 Å². The van der Waals surface area contributed by atoms with E-state index in [4.69, 9.17) is 31.3 Å². The smallest absolute Gasteiger partial charge is 0.326 e. The van der Waals surface area contributed by atoms with E-state index in [9.17, 15) is 48.3 Å². The Morgan fingerprint density at radius 3 is 0.977 bits per heavy atom. The number of rotatable bonds is 22. The molecule has 0 saturated carbocycles. The molecule has 0 aliphatic rings. The molecule has 0 aromatic carbocycles. The predicted octanol–water partition coefficient (Wildman–Crippen LogP) is -4.21. The van der Waals surface area contributed by atoms with Crippen LogP contribution in [-0.4, -0.2) is 121 Å². The fraction of sp³-hybridized carbons (Fsp3) is 0.609. The van der Waals surface area contributed by atoms with Crippen LogP contribution in [0.3, 0.4) is 0 Å². The summed E-state index contributed by atoms with van der Waals surface area (Å²) in [4.78, 5) is 106. The van der Waals surface area contributed by atoms with Gasteiger partial charge in [-0.2, -0.15) is 0 Å². The van der Waals surface area contributed by atoms with Gasteiger partial charge >= 0.3 is 29.8 Å². The molecule has 20 heteroatoms. The molecule has 0 aromatic heterocycles. The molecule has 20 nitrogen and oxygen atoms in total. The molecular weight excluding hydrogens is 586 g/mol. The Balaban J connectivity index is 6.02. The first-order valence-corrected chi connectivity index (χ1v) is 12.7. The number of hydrogen-bond acceptors (Lipinski definition) is 11. The molecule has 0 heterocycles. The summed E-state index contributed by atoms with van der Waals surface area (Å²) < 4.78 is 0. The van der Waals surface area contributed by atoms with Crippen molar-refractivity contribution >= 4 is 53.5 Å². The first-order valence-electron chi connectivity index (χ1n) is 12.7. The Labute approximate surface area is 243 Å². The summed E-state index contributed by atoms with van der Waals surface area (Å²) in [5, 5.41) is 62.5. The van der Waals surface area contributed by atoms with E-state index in [2.05, 4.69) is 16.0 Å². The number of carbonyl (C=O) groups excluding carboxylic acids is 4. The fourth-order valence-electron chi connectivity index (χ4n) is 3.31. The van der Waals surface area contributed by atoms with Gasteiger partial charge in [0.15, 0.2) is 0 Å². The molecule has 0 bridgehead atoms. The van der Waals surface area contributed by atoms with E-state index in [1.165, 1.54) is 0 Å². The minimum absolute atomic E-state index is 0.519. The molecule has 4 amide bonds. The monoisotopic (exact) mass is 621 g/mol. The SMILES string of the molecule is N[C@@H](CO)C(=O)N[C@@H](CCC(=O)O)C(=O)N[C@@H](CCC(=O)O)C(=O)N[C@@H](CCC(=O)O)C(=O)N[C@@H](CCC(=O)O)C(=O)O. The minimum Gasteiger partial charge on any atom is -0.481 e. The second-order valence-corrected chi connectivity index (χ2v) is 9.10. The number of nitrogens with two attached hydrogens (primary N) is 1. The summed E-state index contributed by atoms with van der Waals surface area (Å²) in [7, 11) is 0. The number of carbonyl (C=O) groups is 9. The van der Waals surface area contributed by atoms with Crippen LogP contribution in [-0.2, 0) is 43.2 Å². The largest absolute Gasteiger partial charge is 0.481 e. The number of carboxylic acids is 5. The summed E-state index contributed by atoms with van der Waals surface area (Å²) in [6, 6.07) is -8.35. The number of aliphatic hydroxyl groups excluding tert-OH is 1. The molecule has 12 N–H and O–H groups in total. The molecule has 5 atom stereocenters. The fourth-order valence-corrected chi connectivity index (χ4v) is 3.31. The van der Waals surface area contributed by atoms with Crippen molar-refractivity contribution in [2.24, 2.45) is 5.73 Å². The highest BCUT2D eigenvalue weighted by atomic mass is 16.4. The van der Waals surface area contributed by atoms with Gasteiger partial charge in [0.2, 0.25) is 23.6 Å². The molecule has 0 rings (SSSR count). The Morgan fingerprint density at radius 2 is 0.721 bits per heavy atom. The van der Waals surface area contributed by atoms with Crippen LogP contribution in [0.5, 0.6) is 0 Å². The van der Waals surface area contributed by atoms with Crippen molar-refractivity contribution in [3.8, 4) is 0 Å². The van der Waals surface area contributed by atoms with Gasteiger partial charge in [0, 0.05) is 25.7 Å². The standard InChI is InChI=1S/C23H35N5O15/c24-10(9-29)19(38)25-11(1-5-15(30)31)20(39)26-12(2-6-16(32)33)21(40)27-13(3-7-17(34)35)22(41)28-14(23(42)43)4-8-18(36)37/h10-14,29H,1-9,24H2,(H,25,38)(H,26,39)(H,27,40)(H,28,41)(H,30,31)(H,32,33)(H,34,35)(H,36,37)(H,42,43)/t10-,11-,12-,13-,14-/m0/s1. The van der Waals surface area contributed by atoms with Crippen molar-refractivity contribution in [3.63, 3.8) is 0 Å². The normalized spacial score (nSPS) is 14.1. The average Bonchev–Trinajstić information content (AvgIpc) is 2.91. The molecule has 43 heavy (non-hydrogen) atoms. The molecule has 0 saturated heterocycles. The minimum atomic E-state index is -1.75. The summed E-state index contributed by atoms with van der Waals surface area (Å²) in [6.07, 6.45) is -5.03. The highest BCUT2D eigenvalue weighted by Gasteiger charge is 2.32. The van der Waals surface area contributed by atoms with Crippen molar-refractivity contribution in [3.05, 3.63) is 0 Å². The van der Waals surface area contributed by atoms with Crippen molar-refractivity contribution in [1.29, 1.82) is 0 Å². The van der Waals surface area contributed by atoms with Crippen LogP contribution in [0, 0.1) is 0 Å². The van der Waals surface area contributed by atoms with Crippen LogP contribution in [0.25, 0.3) is 0 Å². The Hall–Kier alpha value is -4.85. The maximum Gasteiger partial charge on any atom is 0.326 e. The lowest BCUT2D eigenvalue weighted by Crippen LogP contribution is -2.58. The van der Waals surface area contributed by atoms with Gasteiger partial charge in [-0.05, 0) is 25.7 Å². The Bertz CT molecular complexity index is 1070. The van der Waals surface area contributed by atoms with Crippen LogP contribution in [0.15, 0.2) is 0 Å². The van der Waals surface area contributed by atoms with Crippen molar-refractivity contribution in [1.82, 2.24) is 21.3 Å². The van der Waals surface area contributed by atoms with Crippen LogP contribution in [0.4, 0.5) is 0 Å². The van der Waals surface area contributed by atoms with Crippen LogP contribution in [0.2, 0.25) is 0 Å². The molecule has 0 aliphatic carbocycles. The highest BCUT2D eigenvalue weighted by Crippen LogP contribution is 2.07. The van der Waals surface area contributed by atoms with E-state index in [0.29, 0.717) is 0 Å². The summed E-state index contributed by atoms with van der Waals surface area (Å²) in [6.45, 7) is -0.832. The second-order valence-electron chi connectivity index (χ2n) is 9.10. The zero-order valence-electron chi connectivity index (χ0n) is 22.7. The van der Waals surface area contributed by atoms with Crippen LogP contribution >= 0.6 is 0 Å². The van der Waals surface area contributed by atoms with Crippen molar-refractivity contribution < 1.29 is 73.8 Å². The zero-order valence-corrected chi connectivity index (χ0v) is 22.7. The molecular formula is C23H35N5O15. The molecule has 0 aromatic rings. The quantitative estimate of drug-likeness (QED) is 0.0545. The van der Waals surface area contributed by atoms with E-state index < -0.39 is 142 Å². The van der Waals surface area contributed by atoms with Crippen molar-refractivity contribution in [2.75, 3.05) is 6.61 Å². The second kappa shape index (κ2) is 19.3. The lowest BCUT2D eigenvalue weighted by atomic mass is 10.0. The molecule has 0 radical (unpaired) electrons. The third kappa shape index (κ3) is 16.2. The van der Waals surface area contributed by atoms with Gasteiger partial charge in [-0.1, -0.05) is 0 Å². The Kier molecular flexibility index (Phi) is 17.1. The summed E-state index contributed by atoms with van der Waals surface area (Å²) in [5.41, 5.74) is 5.39. The summed E-state index contributed by atoms with van der Waals surface area (Å²) in [5.74, 6) is -11.9. The van der Waals surface area contributed by atoms with Gasteiger partial charge in [-0.25, -0.2) is 4.79 Å². The number of hydrogen-bond donors (Lipinski definition) is 11. The maximum absolute atomic E-state index is 13.1. The lowest BCUT2D eigenvalue weighted by molar-refractivity contribution is -0.144. The van der Waals surface area contributed by atoms with E-state index in [0.717, 1.165) is 0 Å². The van der Waals surface area contributed by atoms with Crippen molar-refractivity contribution in [2.45, 2.75) is 81.6 Å². The van der Waals surface area contributed by atoms with Crippen LogP contribution in [0.1, 0.15) is 51.4 Å². The number of carboxylic acid groups (broad SMARTS) is 5. The first-order chi connectivity index (χ1) is 20.0. The number of aliphatic carboxylic acids is 5. The number of amides is 4. The third-order valence-corrected chi connectivity index (χ3v) is 5.63. The molecule has 242 valence electrons. The Morgan fingerprint density at radius 1 is 0.465 bits per heavy atom. The van der Waals surface area contributed by atoms with Gasteiger partial charge in [-0.15, -0.1) is 0 Å². The molecule has 0 spiro atoms. The topological polar surface area (TPSA) is 349 Å². The molecule has 0 fully saturated rings. The van der Waals surface area contributed by atoms with E-state index >= 15 is 0 Å². The van der Waals surface area contributed by atoms with Crippen LogP contribution < -0.4 is 27.0 Å². The predicted molar refractivity (Wildman–Crippen MR) is 138 cm³/mol. The highest BCUT2D eigenvalue weighted by molar-refractivity contribution is 5.96. The number of aliphatic hydroxyl groups is 1. The first kappa shape index (κ1) is 38.1. The van der Waals surface area contributed by atoms with Gasteiger partial charge in [0.25, 0.3) is 0 Å². The van der Waals surface area contributed by atoms with Gasteiger partial charge in [0.05, 0.1) is 6.61 Å². The van der Waals surface area contributed by atoms with E-state index in [-0.39, 0.29) is 0 Å². The number of nitrogens with one attached hydrogen (secondary N) is 4. The maximum atomic E-state index is 13.1. The van der Waals surface area contributed by atoms with E-state index in [1.807, 2.05) is 5.32 Å². The lowest BCUT2D eigenvalue weighted by Gasteiger charge is -2.26. The molecule has 0 aliphatic heterocycles. The third-order valence-electron chi connectivity index (χ3n) is 5.63. The average molecular weight is 622 g/mol. The molecule has 0 unspecified atom stereocenters.